The number of H-pyrrole nitrogens is 1. The van der Waals surface area contributed by atoms with Crippen LogP contribution in [0.2, 0.25) is 0 Å². The molecule has 6 heterocycles. The molecule has 2 aromatic heterocycles. The molecule has 27 nitrogen and oxygen atoms in total. The van der Waals surface area contributed by atoms with Crippen LogP contribution in [-0.2, 0) is 37.2 Å². The number of benzene rings is 6. The van der Waals surface area contributed by atoms with E-state index in [1.807, 2.05) is 117 Å². The Balaban J connectivity index is 0.615. The number of aromatic amines is 1. The summed E-state index contributed by atoms with van der Waals surface area (Å²) in [6.45, 7) is 12.3. The van der Waals surface area contributed by atoms with Gasteiger partial charge in [0.2, 0.25) is 11.8 Å². The van der Waals surface area contributed by atoms with E-state index >= 15 is 0 Å². The molecule has 13 rings (SSSR count). The van der Waals surface area contributed by atoms with Crippen molar-refractivity contribution in [3.63, 3.8) is 0 Å². The molecule has 9 aromatic rings. The fourth-order valence-corrected chi connectivity index (χ4v) is 17.4. The summed E-state index contributed by atoms with van der Waals surface area (Å²) in [5, 5.41) is 23.2. The monoisotopic (exact) mass is 1670 g/mol. The number of carbonyl (C=O) groups is 8. The van der Waals surface area contributed by atoms with Gasteiger partial charge >= 0.3 is 18.2 Å². The van der Waals surface area contributed by atoms with E-state index in [1.54, 1.807) is 95.9 Å². The minimum atomic E-state index is -1.04. The molecule has 2 saturated heterocycles. The van der Waals surface area contributed by atoms with Crippen LogP contribution >= 0.6 is 35.1 Å². The van der Waals surface area contributed by atoms with Gasteiger partial charge in [0.05, 0.1) is 59.1 Å². The van der Waals surface area contributed by atoms with Crippen LogP contribution in [0.4, 0.5) is 42.8 Å². The van der Waals surface area contributed by atoms with Crippen molar-refractivity contribution in [1.82, 2.24) is 55.8 Å². The number of hydrogen-bond donors (Lipinski definition) is 9. The van der Waals surface area contributed by atoms with Crippen molar-refractivity contribution in [2.45, 2.75) is 97.9 Å². The molecule has 4 aliphatic heterocycles. The number of thioether (sulfide) groups is 2. The predicted molar refractivity (Wildman–Crippen MR) is 471 cm³/mol. The predicted octanol–water partition coefficient (Wildman–Crippen LogP) is 12.8. The normalized spacial score (nSPS) is 15.5. The van der Waals surface area contributed by atoms with Gasteiger partial charge in [-0.1, -0.05) is 87.0 Å². The number of rotatable bonds is 30. The lowest BCUT2D eigenvalue weighted by Crippen LogP contribution is -2.54. The Morgan fingerprint density at radius 2 is 1.35 bits per heavy atom. The number of alkyl halides is 1. The molecule has 10 N–H and O–H groups in total. The van der Waals surface area contributed by atoms with Crippen molar-refractivity contribution >= 4 is 144 Å². The van der Waals surface area contributed by atoms with Crippen molar-refractivity contribution < 1.29 is 47.8 Å². The van der Waals surface area contributed by atoms with Gasteiger partial charge in [-0.05, 0) is 165 Å². The van der Waals surface area contributed by atoms with Gasteiger partial charge in [0, 0.05) is 164 Å². The van der Waals surface area contributed by atoms with Gasteiger partial charge in [0.1, 0.15) is 18.3 Å². The summed E-state index contributed by atoms with van der Waals surface area (Å²) in [4.78, 5) is 138. The number of aromatic nitrogens is 3. The molecule has 0 aliphatic carbocycles. The summed E-state index contributed by atoms with van der Waals surface area (Å²) in [6.07, 6.45) is 1.99. The van der Waals surface area contributed by atoms with E-state index in [9.17, 15) is 38.4 Å². The summed E-state index contributed by atoms with van der Waals surface area (Å²) >= 11 is 10.1. The van der Waals surface area contributed by atoms with Gasteiger partial charge in [0.15, 0.2) is 0 Å². The minimum Gasteiger partial charge on any atom is -0.445 e. The van der Waals surface area contributed by atoms with Crippen LogP contribution in [-0.4, -0.2) is 219 Å². The molecule has 4 atom stereocenters. The average Bonchev–Trinajstić information content (AvgIpc) is 1.59. The standard InChI is InChI=1S/C89H104ClN17O10S2/c1-57(2)81(92-35-36-93-82(108)60-26-32-72-75(47-60)99-78-56-119-68-18-10-8-6-7-9-17-67(49-68)118-55-77(78)98-72)85(111)100-73(21-15-34-94-87(91)113)84(110)95-63-27-22-58(23-28-63)54-117-89(115)103(4)53-66(16-13-14-37-105-42-44-116-45-43-105)104(5)88(114)101-74-50-79-80(70-20-12-11-19-69(70)74)62(51-90)52-107(79)86(112)76-48-61-46-64(29-33-71(61)97-76)96-83(109)59-24-30-65(31-25-59)106-40-38-102(3)39-41-106/h6-12,17-20,22-33,46-50,57,62,66,73,81,92,97H,13-16,21,34-45,51-56H2,1-5H3,(H,93,108)(H,95,110)(H,96,109)(H,100,111)(H,101,114)(H3,91,94,113)/t62-,66+,73-,81-/m1/s1. The highest BCUT2D eigenvalue weighted by molar-refractivity contribution is 7.99. The Labute approximate surface area is 706 Å². The number of likely N-dealkylation sites (N-methyl/N-ethyl adjacent to an activating group) is 3. The van der Waals surface area contributed by atoms with E-state index in [-0.39, 0.29) is 74.6 Å². The number of ether oxygens (including phenoxy) is 2. The van der Waals surface area contributed by atoms with Gasteiger partial charge in [-0.15, -0.1) is 35.1 Å². The fraction of sp³-hybridized carbons (Fsp3) is 0.371. The summed E-state index contributed by atoms with van der Waals surface area (Å²) in [6, 6.07) is 49.5. The first-order valence-electron chi connectivity index (χ1n) is 40.6. The second kappa shape index (κ2) is 41.1. The summed E-state index contributed by atoms with van der Waals surface area (Å²) in [5.41, 5.74) is 15.1. The second-order valence-electron chi connectivity index (χ2n) is 30.8. The van der Waals surface area contributed by atoms with E-state index in [0.29, 0.717) is 106 Å². The van der Waals surface area contributed by atoms with Crippen LogP contribution in [0, 0.1) is 5.92 Å². The third-order valence-corrected chi connectivity index (χ3v) is 24.4. The van der Waals surface area contributed by atoms with Gasteiger partial charge in [0.25, 0.3) is 17.7 Å². The van der Waals surface area contributed by atoms with Crippen LogP contribution in [0.3, 0.4) is 0 Å². The zero-order chi connectivity index (χ0) is 83.5. The van der Waals surface area contributed by atoms with Gasteiger partial charge < -0.3 is 81.9 Å². The number of piperazine rings is 1. The number of nitrogens with one attached hydrogen (secondary N) is 8. The number of primary amides is 1. The molecule has 2 bridgehead atoms. The summed E-state index contributed by atoms with van der Waals surface area (Å²) in [7, 11) is 5.47. The number of unbranched alkanes of at least 4 members (excludes halogenated alkanes) is 1. The molecule has 0 saturated carbocycles. The van der Waals surface area contributed by atoms with Crippen LogP contribution in [0.5, 0.6) is 0 Å². The number of amides is 10. The molecular weight excluding hydrogens is 1570 g/mol. The number of urea groups is 2. The highest BCUT2D eigenvalue weighted by Crippen LogP contribution is 2.46. The summed E-state index contributed by atoms with van der Waals surface area (Å²) in [5.74, 6) is -0.769. The first kappa shape index (κ1) is 85.8. The van der Waals surface area contributed by atoms with Gasteiger partial charge in [-0.3, -0.25) is 28.9 Å². The van der Waals surface area contributed by atoms with E-state index in [0.717, 1.165) is 107 Å². The Morgan fingerprint density at radius 1 is 0.664 bits per heavy atom. The fourth-order valence-electron chi connectivity index (χ4n) is 15.2. The molecule has 10 amide bonds. The first-order chi connectivity index (χ1) is 57.7. The SMILES string of the molecule is CC(C)[C@@H](NCCNC(=O)c1ccc2nc3c(nc2c1)CSc1cccccccc(c1)SC3)C(=O)N[C@H](CCCNC(N)=O)C(=O)Nc1ccc(COC(=O)N(C)C[C@H](CCCCN2CCOCC2)N(C)C(=O)Nc2cc3c(c4ccccc24)[C@H](CCl)CN3C(=O)c2cc3cc(NC(=O)c4ccc(N5CCN(C)CC5)cc4)ccc3[nH]2)cc1. The maximum absolute atomic E-state index is 14.9. The van der Waals surface area contributed by atoms with Gasteiger partial charge in [-0.25, -0.2) is 24.4 Å². The zero-order valence-corrected chi connectivity index (χ0v) is 70.1. The topological polar surface area (TPSA) is 326 Å². The molecule has 30 heteroatoms. The number of carbonyl (C=O) groups excluding carboxylic acids is 8. The lowest BCUT2D eigenvalue weighted by Gasteiger charge is -2.34. The molecule has 624 valence electrons. The van der Waals surface area contributed by atoms with E-state index < -0.39 is 48.1 Å². The zero-order valence-electron chi connectivity index (χ0n) is 67.7. The number of halogens is 1. The van der Waals surface area contributed by atoms with E-state index in [4.69, 9.17) is 36.8 Å². The lowest BCUT2D eigenvalue weighted by atomic mass is 9.95. The quantitative estimate of drug-likeness (QED) is 0.0149. The molecule has 0 spiro atoms. The number of fused-ring (bicyclic) bond motifs is 8. The van der Waals surface area contributed by atoms with Crippen molar-refractivity contribution in [2.24, 2.45) is 11.7 Å². The molecule has 119 heavy (non-hydrogen) atoms. The van der Waals surface area contributed by atoms with Crippen molar-refractivity contribution in [3.8, 4) is 0 Å². The highest BCUT2D eigenvalue weighted by Gasteiger charge is 2.37. The van der Waals surface area contributed by atoms with Crippen LogP contribution < -0.4 is 52.8 Å². The molecule has 7 aromatic carbocycles. The molecular formula is C89H104ClN17O10S2. The Morgan fingerprint density at radius 3 is 2.07 bits per heavy atom. The second-order valence-corrected chi connectivity index (χ2v) is 33.2. The van der Waals surface area contributed by atoms with Crippen LogP contribution in [0.25, 0.3) is 32.7 Å². The number of nitrogens with two attached hydrogens (primary N) is 1. The maximum Gasteiger partial charge on any atom is 0.409 e. The van der Waals surface area contributed by atoms with Crippen molar-refractivity contribution in [2.75, 3.05) is 145 Å². The third kappa shape index (κ3) is 22.7. The average molecular weight is 1670 g/mol. The third-order valence-electron chi connectivity index (χ3n) is 22.0. The number of morpholine rings is 1. The molecule has 4 aliphatic rings. The van der Waals surface area contributed by atoms with Crippen molar-refractivity contribution in [3.05, 3.63) is 209 Å². The molecule has 0 unspecified atom stereocenters. The smallest absolute Gasteiger partial charge is 0.409 e. The van der Waals surface area contributed by atoms with E-state index in [1.165, 1.54) is 4.90 Å². The largest absolute Gasteiger partial charge is 0.445 e. The van der Waals surface area contributed by atoms with E-state index in [2.05, 4.69) is 82.1 Å². The minimum absolute atomic E-state index is 0.118. The Bertz CT molecular complexity index is 5200. The van der Waals surface area contributed by atoms with Crippen LogP contribution in [0.1, 0.15) is 106 Å². The number of anilines is 5. The van der Waals surface area contributed by atoms with Crippen molar-refractivity contribution in [1.29, 1.82) is 0 Å². The summed E-state index contributed by atoms with van der Waals surface area (Å²) < 4.78 is 11.5. The Hall–Kier alpha value is -11.1. The number of nitrogens with zero attached hydrogens (tertiary/aromatic N) is 8. The Kier molecular flexibility index (Phi) is 29.6. The molecule has 0 radical (unpaired) electrons. The molecule has 2 fully saturated rings. The number of hydrogen-bond acceptors (Lipinski definition) is 18. The highest BCUT2D eigenvalue weighted by atomic mass is 35.5. The van der Waals surface area contributed by atoms with Gasteiger partial charge in [-0.2, -0.15) is 0 Å². The first-order valence-corrected chi connectivity index (χ1v) is 43.1. The van der Waals surface area contributed by atoms with Crippen LogP contribution in [0.15, 0.2) is 180 Å². The lowest BCUT2D eigenvalue weighted by molar-refractivity contribution is -0.128. The maximum atomic E-state index is 14.9.